The first kappa shape index (κ1) is 38.4. The van der Waals surface area contributed by atoms with Crippen LogP contribution in [-0.4, -0.2) is 4.57 Å². The van der Waals surface area contributed by atoms with Crippen LogP contribution in [0.15, 0.2) is 261 Å². The highest BCUT2D eigenvalue weighted by atomic mass is 15.2. The second kappa shape index (κ2) is 15.1. The fourth-order valence-electron chi connectivity index (χ4n) is 11.8. The summed E-state index contributed by atoms with van der Waals surface area (Å²) >= 11 is 0. The second-order valence-electron chi connectivity index (χ2n) is 18.0. The number of nitrogens with zero attached hydrogens (tertiary/aromatic N) is 3. The minimum Gasteiger partial charge on any atom is -0.310 e. The van der Waals surface area contributed by atoms with Crippen molar-refractivity contribution in [1.82, 2.24) is 4.57 Å². The van der Waals surface area contributed by atoms with E-state index in [2.05, 4.69) is 275 Å². The molecule has 1 heterocycles. The van der Waals surface area contributed by atoms with Crippen LogP contribution in [0.5, 0.6) is 0 Å². The summed E-state index contributed by atoms with van der Waals surface area (Å²) in [5.41, 5.74) is 20.0. The summed E-state index contributed by atoms with van der Waals surface area (Å²) in [5, 5.41) is 4.87. The van der Waals surface area contributed by atoms with Gasteiger partial charge in [-0.3, -0.25) is 0 Å². The van der Waals surface area contributed by atoms with Gasteiger partial charge in [-0.1, -0.05) is 176 Å². The first-order valence-corrected chi connectivity index (χ1v) is 23.5. The third-order valence-electron chi connectivity index (χ3n) is 14.5. The summed E-state index contributed by atoms with van der Waals surface area (Å²) in [6.07, 6.45) is 0. The molecular weight excluding hydrogens is 823 g/mol. The van der Waals surface area contributed by atoms with Crippen molar-refractivity contribution in [2.75, 3.05) is 9.80 Å². The lowest BCUT2D eigenvalue weighted by Crippen LogP contribution is -2.26. The minimum atomic E-state index is -0.536. The molecule has 1 atom stereocenters. The number of hydrogen-bond acceptors (Lipinski definition) is 2. The highest BCUT2D eigenvalue weighted by molar-refractivity contribution is 6.11. The molecule has 0 saturated heterocycles. The number of rotatable bonds is 7. The fraction of sp³-hybridized carbons (Fsp3) is 0.0154. The van der Waals surface area contributed by atoms with Crippen LogP contribution in [0.4, 0.5) is 34.1 Å². The molecular formula is C65H43N3. The summed E-state index contributed by atoms with van der Waals surface area (Å²) in [6, 6.07) is 96.1. The van der Waals surface area contributed by atoms with E-state index >= 15 is 0 Å². The molecule has 2 aliphatic rings. The van der Waals surface area contributed by atoms with Crippen molar-refractivity contribution in [3.8, 4) is 27.9 Å². The Labute approximate surface area is 395 Å². The zero-order chi connectivity index (χ0) is 44.8. The number of anilines is 6. The molecule has 3 nitrogen and oxygen atoms in total. The van der Waals surface area contributed by atoms with Gasteiger partial charge in [-0.25, -0.2) is 0 Å². The average Bonchev–Trinajstić information content (AvgIpc) is 4.01. The third kappa shape index (κ3) is 5.54. The average molecular weight is 866 g/mol. The summed E-state index contributed by atoms with van der Waals surface area (Å²) < 4.78 is 2.41. The monoisotopic (exact) mass is 865 g/mol. The molecule has 68 heavy (non-hydrogen) atoms. The van der Waals surface area contributed by atoms with Gasteiger partial charge in [0.15, 0.2) is 0 Å². The number of fused-ring (bicyclic) bond motifs is 14. The molecule has 14 rings (SSSR count). The van der Waals surface area contributed by atoms with E-state index in [1.54, 1.807) is 0 Å². The Morgan fingerprint density at radius 3 is 1.54 bits per heavy atom. The lowest BCUT2D eigenvalue weighted by Gasteiger charge is -2.32. The van der Waals surface area contributed by atoms with Gasteiger partial charge in [0.05, 0.1) is 22.1 Å². The molecule has 1 unspecified atom stereocenters. The highest BCUT2D eigenvalue weighted by Crippen LogP contribution is 2.64. The van der Waals surface area contributed by atoms with Gasteiger partial charge in [0.2, 0.25) is 0 Å². The molecule has 2 aliphatic carbocycles. The number of hydrogen-bond donors (Lipinski definition) is 0. The van der Waals surface area contributed by atoms with E-state index in [4.69, 9.17) is 0 Å². The molecule has 1 spiro atoms. The molecule has 1 aromatic heterocycles. The predicted molar refractivity (Wildman–Crippen MR) is 284 cm³/mol. The van der Waals surface area contributed by atoms with Gasteiger partial charge in [0, 0.05) is 50.3 Å². The van der Waals surface area contributed by atoms with E-state index in [0.717, 1.165) is 39.8 Å². The Hall–Kier alpha value is -8.92. The molecule has 11 aromatic carbocycles. The Balaban J connectivity index is 1.01. The van der Waals surface area contributed by atoms with Crippen molar-refractivity contribution in [3.05, 3.63) is 283 Å². The van der Waals surface area contributed by atoms with Crippen molar-refractivity contribution in [3.63, 3.8) is 0 Å². The third-order valence-corrected chi connectivity index (χ3v) is 14.5. The number of benzene rings is 11. The van der Waals surface area contributed by atoms with Crippen molar-refractivity contribution in [2.45, 2.75) is 5.41 Å². The van der Waals surface area contributed by atoms with Crippen molar-refractivity contribution in [1.29, 1.82) is 0 Å². The van der Waals surface area contributed by atoms with Crippen LogP contribution >= 0.6 is 0 Å². The predicted octanol–water partition coefficient (Wildman–Crippen LogP) is 17.2. The topological polar surface area (TPSA) is 11.4 Å². The van der Waals surface area contributed by atoms with Crippen molar-refractivity contribution >= 4 is 66.7 Å². The quantitative estimate of drug-likeness (QED) is 0.158. The Morgan fingerprint density at radius 1 is 0.279 bits per heavy atom. The van der Waals surface area contributed by atoms with E-state index in [1.165, 1.54) is 77.1 Å². The van der Waals surface area contributed by atoms with Crippen LogP contribution < -0.4 is 9.80 Å². The first-order chi connectivity index (χ1) is 33.8. The van der Waals surface area contributed by atoms with Gasteiger partial charge in [-0.05, 0) is 135 Å². The molecule has 12 aromatic rings. The maximum absolute atomic E-state index is 2.48. The molecule has 3 heteroatoms. The molecule has 0 amide bonds. The first-order valence-electron chi connectivity index (χ1n) is 23.5. The number of para-hydroxylation sites is 4. The second-order valence-corrected chi connectivity index (χ2v) is 18.0. The summed E-state index contributed by atoms with van der Waals surface area (Å²) in [5.74, 6) is 0. The van der Waals surface area contributed by atoms with Crippen molar-refractivity contribution in [2.24, 2.45) is 0 Å². The molecule has 0 aliphatic heterocycles. The van der Waals surface area contributed by atoms with Crippen LogP contribution in [0.2, 0.25) is 0 Å². The van der Waals surface area contributed by atoms with Gasteiger partial charge in [0.1, 0.15) is 0 Å². The van der Waals surface area contributed by atoms with Gasteiger partial charge >= 0.3 is 0 Å². The minimum absolute atomic E-state index is 0.536. The maximum atomic E-state index is 2.48. The normalized spacial score (nSPS) is 14.2. The van der Waals surface area contributed by atoms with Crippen LogP contribution in [0, 0.1) is 0 Å². The van der Waals surface area contributed by atoms with E-state index in [-0.39, 0.29) is 0 Å². The van der Waals surface area contributed by atoms with E-state index in [9.17, 15) is 0 Å². The number of aromatic nitrogens is 1. The molecule has 0 N–H and O–H groups in total. The lowest BCUT2D eigenvalue weighted by molar-refractivity contribution is 0.793. The molecule has 0 fully saturated rings. The molecule has 318 valence electrons. The smallest absolute Gasteiger partial charge is 0.0726 e. The Kier molecular flexibility index (Phi) is 8.50. The van der Waals surface area contributed by atoms with Crippen LogP contribution in [0.25, 0.3) is 60.5 Å². The van der Waals surface area contributed by atoms with Crippen LogP contribution in [0.3, 0.4) is 0 Å². The van der Waals surface area contributed by atoms with Crippen molar-refractivity contribution < 1.29 is 0 Å². The standard InChI is InChI=1S/C65H43N3/c1-4-21-45(22-5-1)66(46-23-6-2-7-24-46)49-35-38-54-52-28-12-15-31-58(52)65(61(54)42-49)59-32-16-13-29-53(59)57-41-48(37-40-60(57)65)67(62-34-18-20-44-19-10-11-27-51(44)62)50-36-39-56-55-30-14-17-33-63(55)68(64(56)43-50)47-25-8-3-9-26-47/h1-43H. The van der Waals surface area contributed by atoms with Gasteiger partial charge in [-0.2, -0.15) is 0 Å². The van der Waals surface area contributed by atoms with E-state index in [1.807, 2.05) is 0 Å². The van der Waals surface area contributed by atoms with E-state index < -0.39 is 5.41 Å². The fourth-order valence-corrected chi connectivity index (χ4v) is 11.8. The molecule has 0 bridgehead atoms. The summed E-state index contributed by atoms with van der Waals surface area (Å²) in [6.45, 7) is 0. The Morgan fingerprint density at radius 2 is 0.794 bits per heavy atom. The zero-order valence-corrected chi connectivity index (χ0v) is 37.2. The summed E-state index contributed by atoms with van der Waals surface area (Å²) in [4.78, 5) is 4.87. The van der Waals surface area contributed by atoms with E-state index in [0.29, 0.717) is 0 Å². The molecule has 0 saturated carbocycles. The highest BCUT2D eigenvalue weighted by Gasteiger charge is 2.52. The lowest BCUT2D eigenvalue weighted by atomic mass is 9.70. The Bertz CT molecular complexity index is 3880. The SMILES string of the molecule is c1ccc(N(c2ccccc2)c2ccc3c(c2)C2(c4ccccc4-c4cc(N(c5ccc6c7ccccc7n(-c7ccccc7)c6c5)c5cccc6ccccc56)ccc42)c2ccccc2-3)cc1. The molecule has 0 radical (unpaired) electrons. The largest absolute Gasteiger partial charge is 0.310 e. The zero-order valence-electron chi connectivity index (χ0n) is 37.2. The maximum Gasteiger partial charge on any atom is 0.0726 e. The van der Waals surface area contributed by atoms with Crippen LogP contribution in [0.1, 0.15) is 22.3 Å². The van der Waals surface area contributed by atoms with Gasteiger partial charge in [-0.15, -0.1) is 0 Å². The summed E-state index contributed by atoms with van der Waals surface area (Å²) in [7, 11) is 0. The van der Waals surface area contributed by atoms with Gasteiger partial charge < -0.3 is 14.4 Å². The van der Waals surface area contributed by atoms with Gasteiger partial charge in [0.25, 0.3) is 0 Å². The van der Waals surface area contributed by atoms with Crippen LogP contribution in [-0.2, 0) is 5.41 Å².